The zero-order valence-corrected chi connectivity index (χ0v) is 21.0. The molecule has 200 valence electrons. The number of benzene rings is 1. The highest BCUT2D eigenvalue weighted by Gasteiger charge is 2.30. The number of hydrogen-bond acceptors (Lipinski definition) is 6. The Morgan fingerprint density at radius 2 is 1.79 bits per heavy atom. The molecule has 11 heteroatoms. The molecule has 4 rings (SSSR count). The molecule has 0 saturated heterocycles. The minimum atomic E-state index is -4.40. The Morgan fingerprint density at radius 1 is 1.11 bits per heavy atom. The average Bonchev–Trinajstić information content (AvgIpc) is 3.38. The van der Waals surface area contributed by atoms with Crippen molar-refractivity contribution in [2.45, 2.75) is 58.2 Å². The number of nitrogens with one attached hydrogen (secondary N) is 1. The maximum Gasteiger partial charge on any atom is 0.416 e. The molecule has 0 amide bonds. The number of aromatic nitrogens is 4. The minimum Gasteiger partial charge on any atom is -0.481 e. The standard InChI is InChI=1S/C27H28F3N5O3/c1-16(14-31-17(2)38-22-10-3-18(4-11-22)13-24(36)37)23-12-7-20(15-32-23)26-33-25(34-35-26)19-5-8-21(9-6-19)27(28,29)30/h5-9,12,14-15,18,22H,3-4,10-11,13H2,1-2H3,(H,36,37)(H,33,34,35). The highest BCUT2D eigenvalue weighted by Crippen LogP contribution is 2.31. The molecule has 1 aliphatic carbocycles. The van der Waals surface area contributed by atoms with E-state index in [0.717, 1.165) is 43.4 Å². The normalized spacial score (nSPS) is 18.9. The number of carboxylic acids is 1. The Hall–Kier alpha value is -4.02. The van der Waals surface area contributed by atoms with Gasteiger partial charge >= 0.3 is 12.1 Å². The van der Waals surface area contributed by atoms with Crippen LogP contribution < -0.4 is 0 Å². The zero-order chi connectivity index (χ0) is 27.3. The van der Waals surface area contributed by atoms with Gasteiger partial charge in [-0.15, -0.1) is 0 Å². The van der Waals surface area contributed by atoms with Crippen molar-refractivity contribution in [1.82, 2.24) is 20.2 Å². The van der Waals surface area contributed by atoms with Crippen LogP contribution in [-0.4, -0.2) is 43.2 Å². The van der Waals surface area contributed by atoms with Gasteiger partial charge in [0.05, 0.1) is 11.3 Å². The van der Waals surface area contributed by atoms with Crippen molar-refractivity contribution in [3.8, 4) is 22.8 Å². The number of alkyl halides is 3. The molecule has 8 nitrogen and oxygen atoms in total. The fourth-order valence-corrected chi connectivity index (χ4v) is 4.32. The van der Waals surface area contributed by atoms with Crippen molar-refractivity contribution >= 4 is 17.4 Å². The fourth-order valence-electron chi connectivity index (χ4n) is 4.32. The first kappa shape index (κ1) is 27.0. The topological polar surface area (TPSA) is 113 Å². The van der Waals surface area contributed by atoms with Gasteiger partial charge in [-0.2, -0.15) is 18.3 Å². The summed E-state index contributed by atoms with van der Waals surface area (Å²) in [6.45, 7) is 3.67. The predicted octanol–water partition coefficient (Wildman–Crippen LogP) is 6.38. The van der Waals surface area contributed by atoms with Crippen molar-refractivity contribution in [2.75, 3.05) is 0 Å². The number of halogens is 3. The van der Waals surface area contributed by atoms with Crippen LogP contribution >= 0.6 is 0 Å². The second-order valence-electron chi connectivity index (χ2n) is 9.33. The van der Waals surface area contributed by atoms with Gasteiger partial charge in [0.25, 0.3) is 0 Å². The molecular weight excluding hydrogens is 499 g/mol. The number of aliphatic imine (C=N–C) groups is 1. The summed E-state index contributed by atoms with van der Waals surface area (Å²) < 4.78 is 44.3. The Morgan fingerprint density at radius 3 is 2.39 bits per heavy atom. The molecule has 2 aromatic heterocycles. The molecule has 1 saturated carbocycles. The summed E-state index contributed by atoms with van der Waals surface area (Å²) in [5.74, 6) is 0.737. The number of nitrogens with zero attached hydrogens (tertiary/aromatic N) is 4. The van der Waals surface area contributed by atoms with Crippen LogP contribution in [0.3, 0.4) is 0 Å². The lowest BCUT2D eigenvalue weighted by molar-refractivity contribution is -0.139. The number of pyridine rings is 1. The van der Waals surface area contributed by atoms with Crippen LogP contribution in [0.1, 0.15) is 57.2 Å². The van der Waals surface area contributed by atoms with E-state index in [1.54, 1.807) is 19.3 Å². The van der Waals surface area contributed by atoms with E-state index >= 15 is 0 Å². The van der Waals surface area contributed by atoms with Gasteiger partial charge in [0.2, 0.25) is 0 Å². The van der Waals surface area contributed by atoms with Crippen molar-refractivity contribution in [3.63, 3.8) is 0 Å². The number of allylic oxidation sites excluding steroid dienone is 1. The Labute approximate surface area is 217 Å². The van der Waals surface area contributed by atoms with Crippen LogP contribution in [0, 0.1) is 5.92 Å². The average molecular weight is 528 g/mol. The van der Waals surface area contributed by atoms with Crippen molar-refractivity contribution in [1.29, 1.82) is 0 Å². The summed E-state index contributed by atoms with van der Waals surface area (Å²) in [6.07, 6.45) is 2.48. The molecule has 0 radical (unpaired) electrons. The van der Waals surface area contributed by atoms with E-state index < -0.39 is 17.7 Å². The number of carbonyl (C=O) groups is 1. The Balaban J connectivity index is 1.35. The first-order valence-electron chi connectivity index (χ1n) is 12.2. The molecular formula is C27H28F3N5O3. The molecule has 0 unspecified atom stereocenters. The first-order chi connectivity index (χ1) is 18.1. The van der Waals surface area contributed by atoms with E-state index in [1.165, 1.54) is 12.1 Å². The fraction of sp³-hybridized carbons (Fsp3) is 0.370. The predicted molar refractivity (Wildman–Crippen MR) is 136 cm³/mol. The van der Waals surface area contributed by atoms with Crippen LogP contribution in [0.4, 0.5) is 13.2 Å². The minimum absolute atomic E-state index is 0.0451. The van der Waals surface area contributed by atoms with Crippen LogP contribution in [0.15, 0.2) is 53.8 Å². The van der Waals surface area contributed by atoms with Gasteiger partial charge in [0, 0.05) is 36.9 Å². The smallest absolute Gasteiger partial charge is 0.416 e. The molecule has 0 atom stereocenters. The number of hydrogen-bond donors (Lipinski definition) is 2. The van der Waals surface area contributed by atoms with E-state index in [2.05, 4.69) is 25.2 Å². The largest absolute Gasteiger partial charge is 0.481 e. The number of aliphatic carboxylic acids is 1. The molecule has 1 fully saturated rings. The monoisotopic (exact) mass is 527 g/mol. The molecule has 3 aromatic rings. The van der Waals surface area contributed by atoms with Gasteiger partial charge in [-0.3, -0.25) is 14.9 Å². The van der Waals surface area contributed by atoms with E-state index in [1.807, 2.05) is 19.1 Å². The number of rotatable bonds is 7. The third-order valence-corrected chi connectivity index (χ3v) is 6.43. The maximum absolute atomic E-state index is 12.8. The third kappa shape index (κ3) is 7.05. The quantitative estimate of drug-likeness (QED) is 0.272. The molecule has 0 bridgehead atoms. The highest BCUT2D eigenvalue weighted by molar-refractivity contribution is 5.75. The number of aromatic amines is 1. The number of H-pyrrole nitrogens is 1. The molecule has 1 aromatic carbocycles. The van der Waals surface area contributed by atoms with Gasteiger partial charge in [0.15, 0.2) is 17.5 Å². The molecule has 38 heavy (non-hydrogen) atoms. The van der Waals surface area contributed by atoms with Gasteiger partial charge in [-0.1, -0.05) is 12.1 Å². The van der Waals surface area contributed by atoms with Gasteiger partial charge < -0.3 is 9.84 Å². The van der Waals surface area contributed by atoms with E-state index in [4.69, 9.17) is 9.84 Å². The Bertz CT molecular complexity index is 1310. The summed E-state index contributed by atoms with van der Waals surface area (Å²) in [4.78, 5) is 24.1. The first-order valence-corrected chi connectivity index (χ1v) is 12.2. The lowest BCUT2D eigenvalue weighted by Crippen LogP contribution is -2.24. The van der Waals surface area contributed by atoms with E-state index in [9.17, 15) is 18.0 Å². The summed E-state index contributed by atoms with van der Waals surface area (Å²) in [5.41, 5.74) is 1.94. The summed E-state index contributed by atoms with van der Waals surface area (Å²) >= 11 is 0. The van der Waals surface area contributed by atoms with Crippen molar-refractivity contribution in [2.24, 2.45) is 10.9 Å². The molecule has 1 aliphatic rings. The highest BCUT2D eigenvalue weighted by atomic mass is 19.4. The molecule has 2 heterocycles. The third-order valence-electron chi connectivity index (χ3n) is 6.43. The summed E-state index contributed by atoms with van der Waals surface area (Å²) in [5, 5.41) is 15.9. The van der Waals surface area contributed by atoms with E-state index in [-0.39, 0.29) is 18.4 Å². The second kappa shape index (κ2) is 11.6. The van der Waals surface area contributed by atoms with Gasteiger partial charge in [-0.05, 0) is 68.4 Å². The van der Waals surface area contributed by atoms with Gasteiger partial charge in [-0.25, -0.2) is 9.98 Å². The second-order valence-corrected chi connectivity index (χ2v) is 9.33. The van der Waals surface area contributed by atoms with Crippen LogP contribution in [0.5, 0.6) is 0 Å². The number of ether oxygens (including phenoxy) is 1. The maximum atomic E-state index is 12.8. The van der Waals surface area contributed by atoms with Gasteiger partial charge in [0.1, 0.15) is 6.10 Å². The Kier molecular flexibility index (Phi) is 8.23. The molecule has 0 spiro atoms. The van der Waals surface area contributed by atoms with Crippen molar-refractivity contribution < 1.29 is 27.8 Å². The number of carboxylic acid groups (broad SMARTS) is 1. The van der Waals surface area contributed by atoms with Crippen LogP contribution in [0.2, 0.25) is 0 Å². The molecule has 2 N–H and O–H groups in total. The zero-order valence-electron chi connectivity index (χ0n) is 21.0. The summed E-state index contributed by atoms with van der Waals surface area (Å²) in [7, 11) is 0. The van der Waals surface area contributed by atoms with Crippen molar-refractivity contribution in [3.05, 3.63) is 60.1 Å². The summed E-state index contributed by atoms with van der Waals surface area (Å²) in [6, 6.07) is 8.32. The van der Waals surface area contributed by atoms with E-state index in [0.29, 0.717) is 34.4 Å². The van der Waals surface area contributed by atoms with Crippen LogP contribution in [0.25, 0.3) is 28.3 Å². The SMILES string of the molecule is CC(=CN=C(C)OC1CCC(CC(=O)O)CC1)c1ccc(-c2n[nH]c(-c3ccc(C(F)(F)F)cc3)n2)cn1. The lowest BCUT2D eigenvalue weighted by Gasteiger charge is -2.27. The lowest BCUT2D eigenvalue weighted by atomic mass is 9.85. The van der Waals surface area contributed by atoms with Crippen LogP contribution in [-0.2, 0) is 15.7 Å². The molecule has 0 aliphatic heterocycles.